The Labute approximate surface area is 167 Å². The second-order valence-corrected chi connectivity index (χ2v) is 6.82. The number of halogens is 1. The molecule has 1 aromatic heterocycles. The standard InChI is InChI=1S/C22H20FN3O3/c1-24-20(27)13-26-17-6-4-3-5-16(17)22(28)25(2)21(26)19-12-11-18(29-19)14-7-9-15(23)10-8-14/h3-12,21H,13H2,1-2H3,(H,24,27). The molecule has 2 amide bonds. The number of carbonyl (C=O) groups is 2. The van der Waals surface area contributed by atoms with E-state index in [0.717, 1.165) is 5.56 Å². The minimum Gasteiger partial charge on any atom is -0.457 e. The molecule has 0 fully saturated rings. The maximum atomic E-state index is 13.2. The van der Waals surface area contributed by atoms with Crippen LogP contribution < -0.4 is 10.2 Å². The van der Waals surface area contributed by atoms with Crippen molar-refractivity contribution >= 4 is 17.5 Å². The number of hydrogen-bond donors (Lipinski definition) is 1. The van der Waals surface area contributed by atoms with Crippen molar-refractivity contribution in [3.05, 3.63) is 77.8 Å². The molecule has 1 aliphatic heterocycles. The van der Waals surface area contributed by atoms with E-state index in [1.54, 1.807) is 55.4 Å². The Morgan fingerprint density at radius 3 is 2.55 bits per heavy atom. The highest BCUT2D eigenvalue weighted by Crippen LogP contribution is 2.39. The van der Waals surface area contributed by atoms with Gasteiger partial charge in [-0.05, 0) is 48.5 Å². The van der Waals surface area contributed by atoms with Crippen molar-refractivity contribution in [3.63, 3.8) is 0 Å². The highest BCUT2D eigenvalue weighted by atomic mass is 19.1. The number of furan rings is 1. The van der Waals surface area contributed by atoms with Gasteiger partial charge in [0.2, 0.25) is 5.91 Å². The van der Waals surface area contributed by atoms with Crippen LogP contribution in [0.15, 0.2) is 65.1 Å². The Hall–Kier alpha value is -3.61. The summed E-state index contributed by atoms with van der Waals surface area (Å²) in [5.74, 6) is 0.404. The third-order valence-corrected chi connectivity index (χ3v) is 5.03. The Morgan fingerprint density at radius 1 is 1.10 bits per heavy atom. The number of anilines is 1. The third-order valence-electron chi connectivity index (χ3n) is 5.03. The monoisotopic (exact) mass is 393 g/mol. The van der Waals surface area contributed by atoms with Crippen molar-refractivity contribution in [2.45, 2.75) is 6.17 Å². The van der Waals surface area contributed by atoms with E-state index in [-0.39, 0.29) is 24.2 Å². The zero-order chi connectivity index (χ0) is 20.5. The molecule has 148 valence electrons. The van der Waals surface area contributed by atoms with Crippen molar-refractivity contribution < 1.29 is 18.4 Å². The summed E-state index contributed by atoms with van der Waals surface area (Å²) in [7, 11) is 3.25. The Balaban J connectivity index is 1.77. The van der Waals surface area contributed by atoms with Gasteiger partial charge in [-0.2, -0.15) is 0 Å². The predicted octanol–water partition coefficient (Wildman–Crippen LogP) is 3.42. The van der Waals surface area contributed by atoms with Gasteiger partial charge < -0.3 is 19.5 Å². The van der Waals surface area contributed by atoms with Gasteiger partial charge in [0, 0.05) is 19.7 Å². The molecular weight excluding hydrogens is 373 g/mol. The summed E-state index contributed by atoms with van der Waals surface area (Å²) in [6.45, 7) is 0.0579. The number of nitrogens with zero attached hydrogens (tertiary/aromatic N) is 2. The zero-order valence-corrected chi connectivity index (χ0v) is 16.1. The summed E-state index contributed by atoms with van der Waals surface area (Å²) in [6.07, 6.45) is -0.594. The van der Waals surface area contributed by atoms with E-state index in [4.69, 9.17) is 4.42 Å². The van der Waals surface area contributed by atoms with Gasteiger partial charge in [0.05, 0.1) is 17.8 Å². The van der Waals surface area contributed by atoms with Crippen LogP contribution >= 0.6 is 0 Å². The van der Waals surface area contributed by atoms with Gasteiger partial charge in [-0.25, -0.2) is 4.39 Å². The Kier molecular flexibility index (Phi) is 4.80. The molecule has 0 saturated heterocycles. The maximum absolute atomic E-state index is 13.2. The largest absolute Gasteiger partial charge is 0.457 e. The van der Waals surface area contributed by atoms with Crippen LogP contribution in [0.25, 0.3) is 11.3 Å². The highest BCUT2D eigenvalue weighted by molar-refractivity contribution is 6.02. The van der Waals surface area contributed by atoms with Crippen LogP contribution in [-0.4, -0.2) is 37.4 Å². The predicted molar refractivity (Wildman–Crippen MR) is 107 cm³/mol. The molecule has 2 aromatic carbocycles. The van der Waals surface area contributed by atoms with Crippen LogP contribution in [0.4, 0.5) is 10.1 Å². The van der Waals surface area contributed by atoms with Crippen molar-refractivity contribution in [1.82, 2.24) is 10.2 Å². The number of hydrogen-bond acceptors (Lipinski definition) is 4. The molecule has 0 spiro atoms. The molecule has 6 nitrogen and oxygen atoms in total. The Morgan fingerprint density at radius 2 is 1.83 bits per heavy atom. The van der Waals surface area contributed by atoms with Gasteiger partial charge in [0.15, 0.2) is 6.17 Å². The number of rotatable bonds is 4. The molecule has 2 heterocycles. The van der Waals surface area contributed by atoms with E-state index in [1.807, 2.05) is 17.0 Å². The van der Waals surface area contributed by atoms with E-state index >= 15 is 0 Å². The number of fused-ring (bicyclic) bond motifs is 1. The summed E-state index contributed by atoms with van der Waals surface area (Å²) in [6, 6.07) is 16.7. The van der Waals surface area contributed by atoms with Crippen LogP contribution in [0.2, 0.25) is 0 Å². The van der Waals surface area contributed by atoms with E-state index in [2.05, 4.69) is 5.32 Å². The van der Waals surface area contributed by atoms with Crippen LogP contribution in [-0.2, 0) is 4.79 Å². The first-order valence-corrected chi connectivity index (χ1v) is 9.18. The second kappa shape index (κ2) is 7.43. The average Bonchev–Trinajstić information content (AvgIpc) is 3.22. The van der Waals surface area contributed by atoms with Crippen LogP contribution in [0.5, 0.6) is 0 Å². The number of carbonyl (C=O) groups excluding carboxylic acids is 2. The minimum atomic E-state index is -0.594. The van der Waals surface area contributed by atoms with Gasteiger partial charge in [-0.1, -0.05) is 12.1 Å². The molecule has 0 aliphatic carbocycles. The summed E-state index contributed by atoms with van der Waals surface area (Å²) >= 11 is 0. The number of amides is 2. The van der Waals surface area contributed by atoms with Gasteiger partial charge in [-0.3, -0.25) is 9.59 Å². The fourth-order valence-electron chi connectivity index (χ4n) is 3.56. The van der Waals surface area contributed by atoms with Gasteiger partial charge in [0.1, 0.15) is 17.3 Å². The molecule has 1 unspecified atom stereocenters. The van der Waals surface area contributed by atoms with Gasteiger partial charge in [-0.15, -0.1) is 0 Å². The first-order chi connectivity index (χ1) is 14.0. The third kappa shape index (κ3) is 3.35. The summed E-state index contributed by atoms with van der Waals surface area (Å²) in [4.78, 5) is 28.5. The van der Waals surface area contributed by atoms with Crippen molar-refractivity contribution in [3.8, 4) is 11.3 Å². The molecule has 29 heavy (non-hydrogen) atoms. The molecule has 0 saturated carbocycles. The van der Waals surface area contributed by atoms with Crippen molar-refractivity contribution in [2.24, 2.45) is 0 Å². The quantitative estimate of drug-likeness (QED) is 0.738. The van der Waals surface area contributed by atoms with E-state index < -0.39 is 6.17 Å². The van der Waals surface area contributed by atoms with E-state index in [0.29, 0.717) is 22.8 Å². The van der Waals surface area contributed by atoms with Gasteiger partial charge >= 0.3 is 0 Å². The highest BCUT2D eigenvalue weighted by Gasteiger charge is 2.38. The lowest BCUT2D eigenvalue weighted by molar-refractivity contribution is -0.119. The molecule has 3 aromatic rings. The molecule has 1 N–H and O–H groups in total. The lowest BCUT2D eigenvalue weighted by Gasteiger charge is -2.42. The summed E-state index contributed by atoms with van der Waals surface area (Å²) < 4.78 is 19.3. The SMILES string of the molecule is CNC(=O)CN1c2ccccc2C(=O)N(C)C1c1ccc(-c2ccc(F)cc2)o1. The Bertz CT molecular complexity index is 1060. The van der Waals surface area contributed by atoms with Crippen molar-refractivity contribution in [1.29, 1.82) is 0 Å². The molecule has 1 aliphatic rings. The molecule has 1 atom stereocenters. The second-order valence-electron chi connectivity index (χ2n) is 6.82. The number of para-hydroxylation sites is 1. The molecular formula is C22H20FN3O3. The number of benzene rings is 2. The lowest BCUT2D eigenvalue weighted by atomic mass is 10.0. The van der Waals surface area contributed by atoms with Crippen molar-refractivity contribution in [2.75, 3.05) is 25.5 Å². The molecule has 0 bridgehead atoms. The molecule has 4 rings (SSSR count). The zero-order valence-electron chi connectivity index (χ0n) is 16.1. The van der Waals surface area contributed by atoms with Gasteiger partial charge in [0.25, 0.3) is 5.91 Å². The summed E-state index contributed by atoms with van der Waals surface area (Å²) in [5.41, 5.74) is 1.92. The fraction of sp³-hybridized carbons (Fsp3) is 0.182. The summed E-state index contributed by atoms with van der Waals surface area (Å²) in [5, 5.41) is 2.63. The smallest absolute Gasteiger partial charge is 0.257 e. The normalized spacial score (nSPS) is 16.0. The fourth-order valence-corrected chi connectivity index (χ4v) is 3.56. The topological polar surface area (TPSA) is 65.8 Å². The van der Waals surface area contributed by atoms with Crippen LogP contribution in [0.1, 0.15) is 22.3 Å². The van der Waals surface area contributed by atoms with Crippen LogP contribution in [0.3, 0.4) is 0 Å². The van der Waals surface area contributed by atoms with Crippen LogP contribution in [0, 0.1) is 5.82 Å². The average molecular weight is 393 g/mol. The maximum Gasteiger partial charge on any atom is 0.257 e. The number of likely N-dealkylation sites (N-methyl/N-ethyl adjacent to an activating group) is 1. The minimum absolute atomic E-state index is 0.0579. The lowest BCUT2D eigenvalue weighted by Crippen LogP contribution is -2.50. The first kappa shape index (κ1) is 18.7. The molecule has 7 heteroatoms. The van der Waals surface area contributed by atoms with E-state index in [9.17, 15) is 14.0 Å². The molecule has 0 radical (unpaired) electrons. The number of nitrogens with one attached hydrogen (secondary N) is 1. The first-order valence-electron chi connectivity index (χ1n) is 9.18. The van der Waals surface area contributed by atoms with E-state index in [1.165, 1.54) is 12.1 Å².